The first-order chi connectivity index (χ1) is 12.7. The van der Waals surface area contributed by atoms with Crippen LogP contribution in [0.25, 0.3) is 0 Å². The van der Waals surface area contributed by atoms with E-state index in [1.54, 1.807) is 24.4 Å². The number of anilines is 1. The molecule has 0 spiro atoms. The van der Waals surface area contributed by atoms with Crippen LogP contribution >= 0.6 is 0 Å². The van der Waals surface area contributed by atoms with Gasteiger partial charge in [0.15, 0.2) is 0 Å². The minimum Gasteiger partial charge on any atom is -0.497 e. The summed E-state index contributed by atoms with van der Waals surface area (Å²) in [6, 6.07) is 19.5. The summed E-state index contributed by atoms with van der Waals surface area (Å²) >= 11 is 0. The molecule has 0 aliphatic rings. The van der Waals surface area contributed by atoms with Gasteiger partial charge >= 0.3 is 0 Å². The highest BCUT2D eigenvalue weighted by atomic mass is 16.5. The Morgan fingerprint density at radius 1 is 1.00 bits per heavy atom. The number of nitrogens with zero attached hydrogens (tertiary/aromatic N) is 2. The van der Waals surface area contributed by atoms with Crippen LogP contribution in [-0.4, -0.2) is 18.0 Å². The molecule has 4 heteroatoms. The molecular weight excluding hydrogens is 324 g/mol. The third-order valence-electron chi connectivity index (χ3n) is 4.22. The Bertz CT molecular complexity index is 844. The number of carbonyl (C=O) groups excluding carboxylic acids is 1. The number of hydrogen-bond donors (Lipinski definition) is 0. The molecular formula is C22H22N2O2. The van der Waals surface area contributed by atoms with Gasteiger partial charge in [0, 0.05) is 18.1 Å². The lowest BCUT2D eigenvalue weighted by Crippen LogP contribution is -2.31. The van der Waals surface area contributed by atoms with Gasteiger partial charge < -0.3 is 9.64 Å². The molecule has 0 N–H and O–H groups in total. The normalized spacial score (nSPS) is 10.4. The van der Waals surface area contributed by atoms with Crippen LogP contribution in [0, 0.1) is 6.92 Å². The first kappa shape index (κ1) is 17.7. The molecule has 26 heavy (non-hydrogen) atoms. The number of carbonyl (C=O) groups is 1. The number of aryl methyl sites for hydroxylation is 1. The van der Waals surface area contributed by atoms with Crippen LogP contribution < -0.4 is 9.64 Å². The zero-order valence-electron chi connectivity index (χ0n) is 15.1. The minimum atomic E-state index is 0.0443. The second-order valence-electron chi connectivity index (χ2n) is 6.20. The topological polar surface area (TPSA) is 42.4 Å². The predicted octanol–water partition coefficient (Wildman–Crippen LogP) is 4.17. The number of benzene rings is 2. The number of ether oxygens (including phenoxy) is 1. The summed E-state index contributed by atoms with van der Waals surface area (Å²) in [5.41, 5.74) is 4.01. The first-order valence-corrected chi connectivity index (χ1v) is 8.54. The fraction of sp³-hybridized carbons (Fsp3) is 0.182. The van der Waals surface area contributed by atoms with Gasteiger partial charge in [-0.15, -0.1) is 0 Å². The van der Waals surface area contributed by atoms with Gasteiger partial charge in [-0.2, -0.15) is 0 Å². The van der Waals surface area contributed by atoms with Crippen LogP contribution in [-0.2, 0) is 17.8 Å². The SMILES string of the molecule is COc1ccc(CC(=O)N(Cc2cccnc2)c2ccc(C)cc2)cc1. The number of rotatable bonds is 6. The summed E-state index contributed by atoms with van der Waals surface area (Å²) < 4.78 is 5.18. The van der Waals surface area contributed by atoms with Crippen molar-refractivity contribution in [3.8, 4) is 5.75 Å². The van der Waals surface area contributed by atoms with E-state index in [0.717, 1.165) is 28.1 Å². The molecule has 0 saturated carbocycles. The van der Waals surface area contributed by atoms with Crippen LogP contribution in [0.5, 0.6) is 5.75 Å². The molecule has 132 valence electrons. The molecule has 0 bridgehead atoms. The van der Waals surface area contributed by atoms with Crippen molar-refractivity contribution in [2.24, 2.45) is 0 Å². The second kappa shape index (κ2) is 8.30. The maximum atomic E-state index is 13.0. The molecule has 1 heterocycles. The van der Waals surface area contributed by atoms with Crippen molar-refractivity contribution in [1.82, 2.24) is 4.98 Å². The van der Waals surface area contributed by atoms with Crippen molar-refractivity contribution in [2.45, 2.75) is 19.9 Å². The summed E-state index contributed by atoms with van der Waals surface area (Å²) in [6.07, 6.45) is 3.86. The quantitative estimate of drug-likeness (QED) is 0.672. The van der Waals surface area contributed by atoms with Gasteiger partial charge in [0.25, 0.3) is 0 Å². The van der Waals surface area contributed by atoms with Crippen LogP contribution in [0.1, 0.15) is 16.7 Å². The second-order valence-corrected chi connectivity index (χ2v) is 6.20. The van der Waals surface area contributed by atoms with Gasteiger partial charge in [-0.3, -0.25) is 9.78 Å². The third-order valence-corrected chi connectivity index (χ3v) is 4.22. The molecule has 0 saturated heterocycles. The van der Waals surface area contributed by atoms with E-state index >= 15 is 0 Å². The van der Waals surface area contributed by atoms with Crippen LogP contribution in [0.2, 0.25) is 0 Å². The van der Waals surface area contributed by atoms with Crippen molar-refractivity contribution in [3.63, 3.8) is 0 Å². The maximum Gasteiger partial charge on any atom is 0.231 e. The monoisotopic (exact) mass is 346 g/mol. The standard InChI is InChI=1S/C22H22N2O2/c1-17-5-9-20(10-6-17)24(16-19-4-3-13-23-15-19)22(25)14-18-7-11-21(26-2)12-8-18/h3-13,15H,14,16H2,1-2H3. The average molecular weight is 346 g/mol. The third kappa shape index (κ3) is 4.48. The van der Waals surface area contributed by atoms with Gasteiger partial charge in [0.05, 0.1) is 20.1 Å². The average Bonchev–Trinajstić information content (AvgIpc) is 2.68. The highest BCUT2D eigenvalue weighted by Crippen LogP contribution is 2.20. The lowest BCUT2D eigenvalue weighted by atomic mass is 10.1. The zero-order valence-corrected chi connectivity index (χ0v) is 15.1. The lowest BCUT2D eigenvalue weighted by Gasteiger charge is -2.23. The molecule has 0 aliphatic carbocycles. The van der Waals surface area contributed by atoms with E-state index in [9.17, 15) is 4.79 Å². The number of methoxy groups -OCH3 is 1. The van der Waals surface area contributed by atoms with Crippen LogP contribution in [0.15, 0.2) is 73.1 Å². The molecule has 4 nitrogen and oxygen atoms in total. The maximum absolute atomic E-state index is 13.0. The van der Waals surface area contributed by atoms with E-state index in [2.05, 4.69) is 4.98 Å². The smallest absolute Gasteiger partial charge is 0.231 e. The summed E-state index contributed by atoms with van der Waals surface area (Å²) in [4.78, 5) is 19.0. The lowest BCUT2D eigenvalue weighted by molar-refractivity contribution is -0.118. The zero-order chi connectivity index (χ0) is 18.4. The van der Waals surface area contributed by atoms with Crippen molar-refractivity contribution in [3.05, 3.63) is 89.7 Å². The van der Waals surface area contributed by atoms with E-state index in [1.807, 2.05) is 67.6 Å². The molecule has 1 aromatic heterocycles. The number of pyridine rings is 1. The van der Waals surface area contributed by atoms with Crippen molar-refractivity contribution in [1.29, 1.82) is 0 Å². The fourth-order valence-electron chi connectivity index (χ4n) is 2.74. The minimum absolute atomic E-state index is 0.0443. The Balaban J connectivity index is 1.83. The van der Waals surface area contributed by atoms with Crippen molar-refractivity contribution in [2.75, 3.05) is 12.0 Å². The Kier molecular flexibility index (Phi) is 5.64. The van der Waals surface area contributed by atoms with E-state index in [4.69, 9.17) is 4.74 Å². The first-order valence-electron chi connectivity index (χ1n) is 8.54. The summed E-state index contributed by atoms with van der Waals surface area (Å²) in [5, 5.41) is 0. The van der Waals surface area contributed by atoms with E-state index in [1.165, 1.54) is 0 Å². The summed E-state index contributed by atoms with van der Waals surface area (Å²) in [5.74, 6) is 0.829. The largest absolute Gasteiger partial charge is 0.497 e. The van der Waals surface area contributed by atoms with Crippen LogP contribution in [0.4, 0.5) is 5.69 Å². The van der Waals surface area contributed by atoms with Crippen LogP contribution in [0.3, 0.4) is 0 Å². The van der Waals surface area contributed by atoms with E-state index < -0.39 is 0 Å². The van der Waals surface area contributed by atoms with Gasteiger partial charge in [-0.25, -0.2) is 0 Å². The van der Waals surface area contributed by atoms with E-state index in [0.29, 0.717) is 13.0 Å². The molecule has 0 radical (unpaired) electrons. The molecule has 3 rings (SSSR count). The molecule has 0 fully saturated rings. The predicted molar refractivity (Wildman–Crippen MR) is 103 cm³/mol. The Labute approximate surface area is 154 Å². The van der Waals surface area contributed by atoms with Gasteiger partial charge in [0.1, 0.15) is 5.75 Å². The van der Waals surface area contributed by atoms with E-state index in [-0.39, 0.29) is 5.91 Å². The fourth-order valence-corrected chi connectivity index (χ4v) is 2.74. The highest BCUT2D eigenvalue weighted by molar-refractivity contribution is 5.94. The Hall–Kier alpha value is -3.14. The summed E-state index contributed by atoms with van der Waals surface area (Å²) in [6.45, 7) is 2.53. The Morgan fingerprint density at radius 3 is 2.35 bits per heavy atom. The number of amides is 1. The number of hydrogen-bond acceptors (Lipinski definition) is 3. The van der Waals surface area contributed by atoms with Gasteiger partial charge in [-0.05, 0) is 48.4 Å². The molecule has 3 aromatic rings. The van der Waals surface area contributed by atoms with Gasteiger partial charge in [-0.1, -0.05) is 35.9 Å². The van der Waals surface area contributed by atoms with Crippen molar-refractivity contribution < 1.29 is 9.53 Å². The van der Waals surface area contributed by atoms with Gasteiger partial charge in [0.2, 0.25) is 5.91 Å². The molecule has 0 atom stereocenters. The Morgan fingerprint density at radius 2 is 1.73 bits per heavy atom. The molecule has 1 amide bonds. The molecule has 2 aromatic carbocycles. The highest BCUT2D eigenvalue weighted by Gasteiger charge is 2.17. The summed E-state index contributed by atoms with van der Waals surface area (Å²) in [7, 11) is 1.63. The van der Waals surface area contributed by atoms with Crippen molar-refractivity contribution >= 4 is 11.6 Å². The molecule has 0 unspecified atom stereocenters. The molecule has 0 aliphatic heterocycles. The number of aromatic nitrogens is 1.